The Labute approximate surface area is 173 Å². The van der Waals surface area contributed by atoms with Gasteiger partial charge in [0.25, 0.3) is 0 Å². The van der Waals surface area contributed by atoms with E-state index in [4.69, 9.17) is 9.47 Å². The van der Waals surface area contributed by atoms with E-state index in [0.29, 0.717) is 30.8 Å². The second-order valence-corrected chi connectivity index (χ2v) is 7.49. The van der Waals surface area contributed by atoms with Crippen LogP contribution in [0, 0.1) is 0 Å². The van der Waals surface area contributed by atoms with Crippen LogP contribution in [0.5, 0.6) is 0 Å². The first-order chi connectivity index (χ1) is 14.0. The Balaban J connectivity index is 1.63. The van der Waals surface area contributed by atoms with Crippen molar-refractivity contribution >= 4 is 18.0 Å². The third kappa shape index (κ3) is 8.24. The number of methoxy groups -OCH3 is 1. The number of esters is 2. The van der Waals surface area contributed by atoms with Crippen molar-refractivity contribution in [2.45, 2.75) is 57.5 Å². The molecule has 0 aromatic heterocycles. The molecule has 0 amide bonds. The fraction of sp³-hybridized carbons (Fsp3) is 0.500. The van der Waals surface area contributed by atoms with E-state index in [1.54, 1.807) is 13.0 Å². The Morgan fingerprint density at radius 2 is 1.72 bits per heavy atom. The van der Waals surface area contributed by atoms with Gasteiger partial charge in [0.05, 0.1) is 19.8 Å². The average molecular weight is 401 g/mol. The molecule has 1 saturated carbocycles. The molecule has 1 aliphatic rings. The summed E-state index contributed by atoms with van der Waals surface area (Å²) in [6, 6.07) is 8.38. The van der Waals surface area contributed by atoms with Gasteiger partial charge in [0, 0.05) is 18.3 Å². The second-order valence-electron chi connectivity index (χ2n) is 7.49. The molecule has 0 bridgehead atoms. The van der Waals surface area contributed by atoms with Crippen LogP contribution in [0.2, 0.25) is 0 Å². The first kappa shape index (κ1) is 22.9. The summed E-state index contributed by atoms with van der Waals surface area (Å²) in [5, 5.41) is 0. The monoisotopic (exact) mass is 400 g/mol. The number of carbonyl (C=O) groups is 2. The van der Waals surface area contributed by atoms with Crippen LogP contribution in [-0.2, 0) is 23.8 Å². The second kappa shape index (κ2) is 12.2. The van der Waals surface area contributed by atoms with Gasteiger partial charge in [0.15, 0.2) is 0 Å². The minimum Gasteiger partial charge on any atom is -0.466 e. The molecule has 29 heavy (non-hydrogen) atoms. The highest BCUT2D eigenvalue weighted by molar-refractivity contribution is 5.87. The lowest BCUT2D eigenvalue weighted by atomic mass is 9.82. The molecular formula is C24H32O5. The van der Waals surface area contributed by atoms with Gasteiger partial charge in [0.1, 0.15) is 0 Å². The van der Waals surface area contributed by atoms with E-state index in [0.717, 1.165) is 44.1 Å². The largest absolute Gasteiger partial charge is 0.466 e. The van der Waals surface area contributed by atoms with E-state index in [9.17, 15) is 9.59 Å². The van der Waals surface area contributed by atoms with Gasteiger partial charge in [-0.1, -0.05) is 30.8 Å². The molecule has 0 unspecified atom stereocenters. The highest BCUT2D eigenvalue weighted by Gasteiger charge is 2.22. The molecule has 0 N–H and O–H groups in total. The van der Waals surface area contributed by atoms with Gasteiger partial charge in [-0.25, -0.2) is 9.59 Å². The summed E-state index contributed by atoms with van der Waals surface area (Å²) in [5.74, 6) is -0.105. The molecule has 158 valence electrons. The predicted molar refractivity (Wildman–Crippen MR) is 113 cm³/mol. The summed E-state index contributed by atoms with van der Waals surface area (Å²) < 4.78 is 15.7. The maximum atomic E-state index is 11.3. The van der Waals surface area contributed by atoms with Gasteiger partial charge in [-0.2, -0.15) is 0 Å². The summed E-state index contributed by atoms with van der Waals surface area (Å²) in [5.41, 5.74) is 2.77. The summed E-state index contributed by atoms with van der Waals surface area (Å²) in [6.45, 7) is 6.35. The number of carbonyl (C=O) groups excluding carboxylic acids is 2. The van der Waals surface area contributed by atoms with Crippen molar-refractivity contribution in [3.63, 3.8) is 0 Å². The van der Waals surface area contributed by atoms with Gasteiger partial charge >= 0.3 is 11.9 Å². The number of hydrogen-bond donors (Lipinski definition) is 0. The standard InChI is InChI=1S/C24H32O5/c1-18(2)24(26)29-17-5-4-16-28-22-13-11-21(12-14-22)20-9-6-19(7-10-20)8-15-23(25)27-3/h6-10,15,21-22H,1,4-5,11-14,16-17H2,2-3H3. The van der Waals surface area contributed by atoms with Gasteiger partial charge in [-0.15, -0.1) is 0 Å². The number of hydrogen-bond acceptors (Lipinski definition) is 5. The SMILES string of the molecule is C=C(C)C(=O)OCCCCOC1CCC(c2ccc(C=CC(=O)OC)cc2)CC1. The van der Waals surface area contributed by atoms with Crippen LogP contribution in [0.3, 0.4) is 0 Å². The van der Waals surface area contributed by atoms with Gasteiger partial charge in [-0.3, -0.25) is 0 Å². The fourth-order valence-corrected chi connectivity index (χ4v) is 3.42. The summed E-state index contributed by atoms with van der Waals surface area (Å²) >= 11 is 0. The highest BCUT2D eigenvalue weighted by Crippen LogP contribution is 2.34. The maximum Gasteiger partial charge on any atom is 0.333 e. The summed E-state index contributed by atoms with van der Waals surface area (Å²) in [4.78, 5) is 22.5. The topological polar surface area (TPSA) is 61.8 Å². The lowest BCUT2D eigenvalue weighted by Crippen LogP contribution is -2.21. The van der Waals surface area contributed by atoms with E-state index in [2.05, 4.69) is 23.4 Å². The van der Waals surface area contributed by atoms with E-state index in [1.807, 2.05) is 12.1 Å². The molecule has 5 nitrogen and oxygen atoms in total. The summed E-state index contributed by atoms with van der Waals surface area (Å²) in [7, 11) is 1.37. The predicted octanol–water partition coefficient (Wildman–Crippen LogP) is 4.82. The number of benzene rings is 1. The number of ether oxygens (including phenoxy) is 3. The van der Waals surface area contributed by atoms with E-state index in [-0.39, 0.29) is 11.9 Å². The number of unbranched alkanes of at least 4 members (excludes halogenated alkanes) is 1. The minimum absolute atomic E-state index is 0.322. The highest BCUT2D eigenvalue weighted by atomic mass is 16.5. The molecule has 0 aliphatic heterocycles. The lowest BCUT2D eigenvalue weighted by Gasteiger charge is -2.29. The van der Waals surface area contributed by atoms with Crippen LogP contribution in [0.25, 0.3) is 6.08 Å². The van der Waals surface area contributed by atoms with Crippen molar-refractivity contribution in [1.82, 2.24) is 0 Å². The molecule has 1 fully saturated rings. The first-order valence-corrected chi connectivity index (χ1v) is 10.3. The van der Waals surface area contributed by atoms with Gasteiger partial charge < -0.3 is 14.2 Å². The molecule has 0 heterocycles. The van der Waals surface area contributed by atoms with Crippen molar-refractivity contribution in [2.24, 2.45) is 0 Å². The normalized spacial score (nSPS) is 19.1. The van der Waals surface area contributed by atoms with E-state index < -0.39 is 0 Å². The van der Waals surface area contributed by atoms with Crippen LogP contribution in [0.4, 0.5) is 0 Å². The molecular weight excluding hydrogens is 368 g/mol. The zero-order chi connectivity index (χ0) is 21.1. The molecule has 0 radical (unpaired) electrons. The van der Waals surface area contributed by atoms with Gasteiger partial charge in [0.2, 0.25) is 0 Å². The first-order valence-electron chi connectivity index (χ1n) is 10.3. The minimum atomic E-state index is -0.347. The van der Waals surface area contributed by atoms with E-state index in [1.165, 1.54) is 18.7 Å². The molecule has 5 heteroatoms. The van der Waals surface area contributed by atoms with Crippen LogP contribution in [-0.4, -0.2) is 38.4 Å². The molecule has 1 aromatic carbocycles. The Morgan fingerprint density at radius 1 is 1.07 bits per heavy atom. The molecule has 2 rings (SSSR count). The van der Waals surface area contributed by atoms with Crippen LogP contribution < -0.4 is 0 Å². The van der Waals surface area contributed by atoms with Crippen molar-refractivity contribution in [2.75, 3.05) is 20.3 Å². The van der Waals surface area contributed by atoms with Crippen molar-refractivity contribution in [1.29, 1.82) is 0 Å². The Bertz CT molecular complexity index is 696. The van der Waals surface area contributed by atoms with E-state index >= 15 is 0 Å². The quantitative estimate of drug-likeness (QED) is 0.320. The van der Waals surface area contributed by atoms with Crippen molar-refractivity contribution in [3.8, 4) is 0 Å². The van der Waals surface area contributed by atoms with Crippen molar-refractivity contribution in [3.05, 3.63) is 53.6 Å². The summed E-state index contributed by atoms with van der Waals surface area (Å²) in [6.07, 6.45) is 9.61. The Kier molecular flexibility index (Phi) is 9.65. The third-order valence-corrected chi connectivity index (χ3v) is 5.17. The average Bonchev–Trinajstić information content (AvgIpc) is 2.75. The van der Waals surface area contributed by atoms with Crippen LogP contribution >= 0.6 is 0 Å². The molecule has 0 saturated heterocycles. The molecule has 1 aliphatic carbocycles. The Hall–Kier alpha value is -2.40. The third-order valence-electron chi connectivity index (χ3n) is 5.17. The smallest absolute Gasteiger partial charge is 0.333 e. The van der Waals surface area contributed by atoms with Crippen LogP contribution in [0.1, 0.15) is 62.5 Å². The lowest BCUT2D eigenvalue weighted by molar-refractivity contribution is -0.139. The fourth-order valence-electron chi connectivity index (χ4n) is 3.42. The zero-order valence-electron chi connectivity index (χ0n) is 17.5. The van der Waals surface area contributed by atoms with Crippen molar-refractivity contribution < 1.29 is 23.8 Å². The maximum absolute atomic E-state index is 11.3. The number of rotatable bonds is 10. The van der Waals surface area contributed by atoms with Crippen LogP contribution in [0.15, 0.2) is 42.5 Å². The molecule has 0 atom stereocenters. The zero-order valence-corrected chi connectivity index (χ0v) is 17.5. The Morgan fingerprint density at radius 3 is 2.34 bits per heavy atom. The van der Waals surface area contributed by atoms with Gasteiger partial charge in [-0.05, 0) is 68.6 Å². The molecule has 1 aromatic rings. The molecule has 0 spiro atoms.